The number of anilines is 1. The molecular formula is C28H29ClN4OS. The zero-order valence-corrected chi connectivity index (χ0v) is 21.6. The van der Waals surface area contributed by atoms with Crippen LogP contribution >= 0.6 is 22.9 Å². The lowest BCUT2D eigenvalue weighted by Crippen LogP contribution is -2.26. The van der Waals surface area contributed by atoms with Gasteiger partial charge in [0.05, 0.1) is 40.6 Å². The summed E-state index contributed by atoms with van der Waals surface area (Å²) < 4.78 is 6.74. The van der Waals surface area contributed by atoms with E-state index in [1.807, 2.05) is 30.3 Å². The Hall–Kier alpha value is -2.93. The van der Waals surface area contributed by atoms with Crippen LogP contribution in [0.2, 0.25) is 5.02 Å². The van der Waals surface area contributed by atoms with Crippen LogP contribution in [0.15, 0.2) is 60.7 Å². The van der Waals surface area contributed by atoms with Crippen LogP contribution in [-0.2, 0) is 6.54 Å². The third-order valence-electron chi connectivity index (χ3n) is 6.13. The van der Waals surface area contributed by atoms with Crippen LogP contribution in [0, 0.1) is 0 Å². The Morgan fingerprint density at radius 1 is 0.943 bits per heavy atom. The van der Waals surface area contributed by atoms with E-state index in [-0.39, 0.29) is 0 Å². The van der Waals surface area contributed by atoms with Crippen molar-refractivity contribution in [1.29, 1.82) is 0 Å². The van der Waals surface area contributed by atoms with Crippen molar-refractivity contribution in [2.24, 2.45) is 0 Å². The SMILES string of the molecule is CCCN(CCCNc1c2ccc(Cl)cc2nc2ccc(OC)cc12)Cc1nc2ccccc2s1. The van der Waals surface area contributed by atoms with Gasteiger partial charge in [-0.1, -0.05) is 30.7 Å². The molecule has 0 atom stereocenters. The molecular weight excluding hydrogens is 476 g/mol. The minimum Gasteiger partial charge on any atom is -0.497 e. The maximum Gasteiger partial charge on any atom is 0.119 e. The van der Waals surface area contributed by atoms with Crippen molar-refractivity contribution >= 4 is 60.6 Å². The van der Waals surface area contributed by atoms with E-state index >= 15 is 0 Å². The maximum atomic E-state index is 6.26. The predicted molar refractivity (Wildman–Crippen MR) is 149 cm³/mol. The number of methoxy groups -OCH3 is 1. The van der Waals surface area contributed by atoms with Crippen LogP contribution in [0.5, 0.6) is 5.75 Å². The Morgan fingerprint density at radius 3 is 2.66 bits per heavy atom. The van der Waals surface area contributed by atoms with Gasteiger partial charge in [0.25, 0.3) is 0 Å². The van der Waals surface area contributed by atoms with Gasteiger partial charge in [0.2, 0.25) is 0 Å². The Bertz CT molecular complexity index is 1440. The summed E-state index contributed by atoms with van der Waals surface area (Å²) in [5, 5.41) is 7.70. The normalized spacial score (nSPS) is 11.7. The summed E-state index contributed by atoms with van der Waals surface area (Å²) in [4.78, 5) is 12.2. The molecule has 2 heterocycles. The van der Waals surface area contributed by atoms with E-state index in [2.05, 4.69) is 47.5 Å². The highest BCUT2D eigenvalue weighted by Crippen LogP contribution is 2.34. The molecule has 2 aromatic heterocycles. The predicted octanol–water partition coefficient (Wildman–Crippen LogP) is 7.37. The smallest absolute Gasteiger partial charge is 0.119 e. The number of aromatic nitrogens is 2. The third kappa shape index (κ3) is 5.35. The lowest BCUT2D eigenvalue weighted by Gasteiger charge is -2.21. The number of benzene rings is 3. The number of thiazole rings is 1. The quantitative estimate of drug-likeness (QED) is 0.159. The molecule has 0 saturated carbocycles. The van der Waals surface area contributed by atoms with E-state index in [1.54, 1.807) is 18.4 Å². The molecule has 5 rings (SSSR count). The second kappa shape index (κ2) is 10.8. The first-order valence-corrected chi connectivity index (χ1v) is 13.2. The molecule has 0 fully saturated rings. The summed E-state index contributed by atoms with van der Waals surface area (Å²) in [6.07, 6.45) is 2.15. The van der Waals surface area contributed by atoms with Gasteiger partial charge in [-0.15, -0.1) is 11.3 Å². The first-order chi connectivity index (χ1) is 17.1. The number of rotatable bonds is 10. The molecule has 5 aromatic rings. The fourth-order valence-electron chi connectivity index (χ4n) is 4.49. The number of hydrogen-bond acceptors (Lipinski definition) is 6. The fourth-order valence-corrected chi connectivity index (χ4v) is 5.67. The van der Waals surface area contributed by atoms with Crippen LogP contribution in [-0.4, -0.2) is 41.6 Å². The molecule has 0 bridgehead atoms. The van der Waals surface area contributed by atoms with Gasteiger partial charge in [-0.05, 0) is 67.9 Å². The van der Waals surface area contributed by atoms with Crippen molar-refractivity contribution in [3.05, 3.63) is 70.7 Å². The Labute approximate surface area is 214 Å². The average Bonchev–Trinajstić information content (AvgIpc) is 3.28. The minimum atomic E-state index is 0.689. The lowest BCUT2D eigenvalue weighted by molar-refractivity contribution is 0.265. The number of nitrogens with zero attached hydrogens (tertiary/aromatic N) is 3. The molecule has 0 amide bonds. The van der Waals surface area contributed by atoms with Crippen molar-refractivity contribution < 1.29 is 4.74 Å². The van der Waals surface area contributed by atoms with Gasteiger partial charge in [0.1, 0.15) is 10.8 Å². The summed E-state index contributed by atoms with van der Waals surface area (Å²) >= 11 is 8.06. The van der Waals surface area contributed by atoms with Gasteiger partial charge in [0.15, 0.2) is 0 Å². The first kappa shape index (κ1) is 23.8. The van der Waals surface area contributed by atoms with Crippen LogP contribution < -0.4 is 10.1 Å². The third-order valence-corrected chi connectivity index (χ3v) is 7.39. The van der Waals surface area contributed by atoms with Crippen molar-refractivity contribution in [1.82, 2.24) is 14.9 Å². The number of fused-ring (bicyclic) bond motifs is 3. The van der Waals surface area contributed by atoms with Gasteiger partial charge in [0, 0.05) is 28.9 Å². The number of pyridine rings is 1. The molecule has 0 aliphatic rings. The minimum absolute atomic E-state index is 0.689. The average molecular weight is 505 g/mol. The summed E-state index contributed by atoms with van der Waals surface area (Å²) in [6, 6.07) is 20.3. The Kier molecular flexibility index (Phi) is 7.32. The van der Waals surface area contributed by atoms with Crippen LogP contribution in [0.25, 0.3) is 32.0 Å². The summed E-state index contributed by atoms with van der Waals surface area (Å²) in [6.45, 7) is 6.05. The van der Waals surface area contributed by atoms with Gasteiger partial charge in [-0.25, -0.2) is 9.97 Å². The largest absolute Gasteiger partial charge is 0.497 e. The number of halogens is 1. The molecule has 5 nitrogen and oxygen atoms in total. The highest BCUT2D eigenvalue weighted by molar-refractivity contribution is 7.18. The van der Waals surface area contributed by atoms with E-state index in [0.29, 0.717) is 5.02 Å². The zero-order valence-electron chi connectivity index (χ0n) is 20.1. The van der Waals surface area contributed by atoms with E-state index in [4.69, 9.17) is 26.3 Å². The molecule has 0 aliphatic carbocycles. The zero-order chi connectivity index (χ0) is 24.2. The van der Waals surface area contributed by atoms with Gasteiger partial charge >= 0.3 is 0 Å². The van der Waals surface area contributed by atoms with Crippen LogP contribution in [0.4, 0.5) is 5.69 Å². The van der Waals surface area contributed by atoms with E-state index < -0.39 is 0 Å². The number of hydrogen-bond donors (Lipinski definition) is 1. The number of ether oxygens (including phenoxy) is 1. The molecule has 0 aliphatic heterocycles. The Balaban J connectivity index is 1.32. The van der Waals surface area contributed by atoms with Gasteiger partial charge in [-0.2, -0.15) is 0 Å². The van der Waals surface area contributed by atoms with Crippen molar-refractivity contribution in [3.63, 3.8) is 0 Å². The molecule has 1 N–H and O–H groups in total. The highest BCUT2D eigenvalue weighted by Gasteiger charge is 2.12. The van der Waals surface area contributed by atoms with Crippen molar-refractivity contribution in [2.75, 3.05) is 32.1 Å². The molecule has 35 heavy (non-hydrogen) atoms. The summed E-state index contributed by atoms with van der Waals surface area (Å²) in [7, 11) is 1.69. The van der Waals surface area contributed by atoms with Gasteiger partial charge in [-0.3, -0.25) is 4.90 Å². The second-order valence-electron chi connectivity index (χ2n) is 8.66. The van der Waals surface area contributed by atoms with Crippen molar-refractivity contribution in [2.45, 2.75) is 26.3 Å². The number of nitrogens with one attached hydrogen (secondary N) is 1. The molecule has 180 valence electrons. The van der Waals surface area contributed by atoms with E-state index in [9.17, 15) is 0 Å². The standard InChI is InChI=1S/C28H29ClN4OS/c1-3-14-33(18-27-32-24-7-4-5-8-26(24)35-27)15-6-13-30-28-21-11-9-19(29)16-25(21)31-23-12-10-20(34-2)17-22(23)28/h4-5,7-12,16-17H,3,6,13-15,18H2,1-2H3,(H,30,31). The molecule has 0 unspecified atom stereocenters. The van der Waals surface area contributed by atoms with Gasteiger partial charge < -0.3 is 10.1 Å². The molecule has 0 saturated heterocycles. The first-order valence-electron chi connectivity index (χ1n) is 12.0. The molecule has 3 aromatic carbocycles. The summed E-state index contributed by atoms with van der Waals surface area (Å²) in [5.41, 5.74) is 3.99. The van der Waals surface area contributed by atoms with E-state index in [0.717, 1.165) is 77.8 Å². The highest BCUT2D eigenvalue weighted by atomic mass is 35.5. The molecule has 0 spiro atoms. The second-order valence-corrected chi connectivity index (χ2v) is 10.2. The molecule has 0 radical (unpaired) electrons. The Morgan fingerprint density at radius 2 is 1.83 bits per heavy atom. The number of para-hydroxylation sites is 1. The lowest BCUT2D eigenvalue weighted by atomic mass is 10.1. The fraction of sp³-hybridized carbons (Fsp3) is 0.286. The monoisotopic (exact) mass is 504 g/mol. The molecule has 7 heteroatoms. The summed E-state index contributed by atoms with van der Waals surface area (Å²) in [5.74, 6) is 0.820. The van der Waals surface area contributed by atoms with Crippen molar-refractivity contribution in [3.8, 4) is 5.75 Å². The van der Waals surface area contributed by atoms with E-state index in [1.165, 1.54) is 9.71 Å². The van der Waals surface area contributed by atoms with Crippen LogP contribution in [0.1, 0.15) is 24.8 Å². The van der Waals surface area contributed by atoms with Crippen LogP contribution in [0.3, 0.4) is 0 Å². The topological polar surface area (TPSA) is 50.3 Å². The maximum absolute atomic E-state index is 6.26.